The van der Waals surface area contributed by atoms with Crippen LogP contribution in [-0.4, -0.2) is 7.32 Å². The predicted molar refractivity (Wildman–Crippen MR) is 115 cm³/mol. The topological polar surface area (TPSA) is 60.7 Å². The molecule has 3 aliphatic heterocycles. The lowest BCUT2D eigenvalue weighted by atomic mass is 9.89. The van der Waals surface area contributed by atoms with Gasteiger partial charge >= 0.3 is 7.32 Å². The molecular formula is C22H23BBrNO4. The molecule has 5 nitrogen and oxygen atoms in total. The number of nitriles is 1. The summed E-state index contributed by atoms with van der Waals surface area (Å²) in [6.45, 7) is 8.72. The number of rotatable bonds is 7. The van der Waals surface area contributed by atoms with Crippen molar-refractivity contribution < 1.29 is 18.7 Å². The Kier molecular flexibility index (Phi) is 5.39. The van der Waals surface area contributed by atoms with Crippen LogP contribution in [-0.2, 0) is 6.42 Å². The summed E-state index contributed by atoms with van der Waals surface area (Å²) in [5, 5.41) is 9.03. The normalized spacial score (nSPS) is 14.5. The number of alkyl halides is 1. The molecule has 0 N–H and O–H groups in total. The Hall–Kier alpha value is -2.33. The predicted octanol–water partition coefficient (Wildman–Crippen LogP) is 6.18. The van der Waals surface area contributed by atoms with Crippen LogP contribution in [0.25, 0.3) is 0 Å². The Morgan fingerprint density at radius 3 is 2.28 bits per heavy atom. The first kappa shape index (κ1) is 20.0. The highest BCUT2D eigenvalue weighted by molar-refractivity contribution is 9.09. The van der Waals surface area contributed by atoms with E-state index < -0.39 is 7.32 Å². The molecule has 1 unspecified atom stereocenters. The second kappa shape index (κ2) is 7.83. The van der Waals surface area contributed by atoms with Gasteiger partial charge in [-0.3, -0.25) is 0 Å². The fourth-order valence-corrected chi connectivity index (χ4v) is 4.85. The molecule has 2 aromatic rings. The lowest BCUT2D eigenvalue weighted by Gasteiger charge is -2.38. The van der Waals surface area contributed by atoms with Gasteiger partial charge in [0.1, 0.15) is 11.5 Å². The Balaban J connectivity index is 1.83. The summed E-state index contributed by atoms with van der Waals surface area (Å²) in [7, 11) is -0.762. The van der Waals surface area contributed by atoms with E-state index in [1.165, 1.54) is 0 Å². The van der Waals surface area contributed by atoms with Gasteiger partial charge in [-0.1, -0.05) is 43.6 Å². The van der Waals surface area contributed by atoms with Crippen molar-refractivity contribution >= 4 is 23.3 Å². The van der Waals surface area contributed by atoms with Crippen molar-refractivity contribution in [1.82, 2.24) is 0 Å². The molecule has 2 aromatic carbocycles. The first-order chi connectivity index (χ1) is 13.9. The van der Waals surface area contributed by atoms with Crippen molar-refractivity contribution in [2.75, 3.05) is 0 Å². The molecule has 29 heavy (non-hydrogen) atoms. The molecule has 0 amide bonds. The first-order valence-electron chi connectivity index (χ1n) is 9.92. The molecule has 5 rings (SSSR count). The minimum atomic E-state index is -0.762. The zero-order chi connectivity index (χ0) is 20.7. The molecule has 0 aliphatic carbocycles. The van der Waals surface area contributed by atoms with Gasteiger partial charge in [0.15, 0.2) is 11.5 Å². The molecule has 150 valence electrons. The molecular weight excluding hydrogens is 433 g/mol. The summed E-state index contributed by atoms with van der Waals surface area (Å²) in [6, 6.07) is 9.15. The Morgan fingerprint density at radius 2 is 1.66 bits per heavy atom. The smallest absolute Gasteiger partial charge is 0.489 e. The van der Waals surface area contributed by atoms with E-state index >= 15 is 0 Å². The molecule has 1 atom stereocenters. The van der Waals surface area contributed by atoms with Crippen LogP contribution >= 0.6 is 15.9 Å². The van der Waals surface area contributed by atoms with E-state index in [1.807, 2.05) is 0 Å². The van der Waals surface area contributed by atoms with E-state index in [0.29, 0.717) is 40.4 Å². The van der Waals surface area contributed by atoms with E-state index in [1.54, 1.807) is 24.3 Å². The minimum absolute atomic E-state index is 0.0785. The van der Waals surface area contributed by atoms with Crippen LogP contribution < -0.4 is 18.7 Å². The molecule has 4 bridgehead atoms. The highest BCUT2D eigenvalue weighted by Crippen LogP contribution is 2.59. The standard InChI is InChI=1S/C22H23BBrNO4/c1-12(2)9-16-19-18(17(24)10-13(3)4)21-22(20(16)28-23(27-19)29-21)26-15-7-5-14(11-25)6-8-15/h5-8,12-13,17H,9-10H2,1-4H3. The van der Waals surface area contributed by atoms with Crippen LogP contribution in [0, 0.1) is 23.2 Å². The van der Waals surface area contributed by atoms with E-state index in [-0.39, 0.29) is 4.83 Å². The quantitative estimate of drug-likeness (QED) is 0.368. The van der Waals surface area contributed by atoms with E-state index in [0.717, 1.165) is 29.7 Å². The van der Waals surface area contributed by atoms with Gasteiger partial charge in [-0.05, 0) is 48.9 Å². The number of nitrogens with zero attached hydrogens (tertiary/aromatic N) is 1. The van der Waals surface area contributed by atoms with Crippen LogP contribution in [0.3, 0.4) is 0 Å². The average molecular weight is 456 g/mol. The number of hydrogen-bond acceptors (Lipinski definition) is 5. The van der Waals surface area contributed by atoms with Crippen molar-refractivity contribution in [2.24, 2.45) is 11.8 Å². The number of benzene rings is 2. The van der Waals surface area contributed by atoms with Crippen molar-refractivity contribution in [3.8, 4) is 34.8 Å². The summed E-state index contributed by atoms with van der Waals surface area (Å²) in [5.74, 6) is 4.38. The SMILES string of the molecule is CC(C)Cc1c2c(Oc3ccc(C#N)cc3)c3c(C(Br)CC(C)C)c1OB(O2)O3. The summed E-state index contributed by atoms with van der Waals surface area (Å²) < 4.78 is 24.1. The Labute approximate surface area is 180 Å². The number of halogens is 1. The maximum Gasteiger partial charge on any atom is 0.864 e. The largest absolute Gasteiger partial charge is 0.864 e. The summed E-state index contributed by atoms with van der Waals surface area (Å²) in [5.41, 5.74) is 2.59. The highest BCUT2D eigenvalue weighted by Gasteiger charge is 2.50. The summed E-state index contributed by atoms with van der Waals surface area (Å²) in [6.07, 6.45) is 1.75. The molecule has 7 heteroatoms. The Morgan fingerprint density at radius 1 is 1.00 bits per heavy atom. The second-order valence-electron chi connectivity index (χ2n) is 8.28. The van der Waals surface area contributed by atoms with Gasteiger partial charge < -0.3 is 18.7 Å². The summed E-state index contributed by atoms with van der Waals surface area (Å²) in [4.78, 5) is 0.0785. The maximum atomic E-state index is 9.03. The van der Waals surface area contributed by atoms with Crippen molar-refractivity contribution in [3.63, 3.8) is 0 Å². The van der Waals surface area contributed by atoms with E-state index in [9.17, 15) is 0 Å². The molecule has 3 aliphatic rings. The Bertz CT molecular complexity index is 969. The van der Waals surface area contributed by atoms with Crippen molar-refractivity contribution in [3.05, 3.63) is 41.0 Å². The van der Waals surface area contributed by atoms with E-state index in [4.69, 9.17) is 24.0 Å². The van der Waals surface area contributed by atoms with Gasteiger partial charge in [-0.25, -0.2) is 0 Å². The number of hydrogen-bond donors (Lipinski definition) is 0. The van der Waals surface area contributed by atoms with Crippen molar-refractivity contribution in [2.45, 2.75) is 45.4 Å². The lowest BCUT2D eigenvalue weighted by Crippen LogP contribution is -2.45. The third-order valence-electron chi connectivity index (χ3n) is 4.90. The van der Waals surface area contributed by atoms with Crippen LogP contribution in [0.15, 0.2) is 24.3 Å². The molecule has 0 aromatic heterocycles. The second-order valence-corrected chi connectivity index (χ2v) is 9.39. The molecule has 0 saturated carbocycles. The zero-order valence-corrected chi connectivity index (χ0v) is 18.6. The van der Waals surface area contributed by atoms with Crippen LogP contribution in [0.5, 0.6) is 28.7 Å². The highest BCUT2D eigenvalue weighted by atomic mass is 79.9. The van der Waals surface area contributed by atoms with Crippen molar-refractivity contribution in [1.29, 1.82) is 5.26 Å². The van der Waals surface area contributed by atoms with Gasteiger partial charge in [0.25, 0.3) is 0 Å². The van der Waals surface area contributed by atoms with Crippen LogP contribution in [0.2, 0.25) is 0 Å². The third-order valence-corrected chi connectivity index (χ3v) is 5.73. The first-order valence-corrected chi connectivity index (χ1v) is 10.8. The van der Waals surface area contributed by atoms with Gasteiger partial charge in [0.2, 0.25) is 5.75 Å². The fraction of sp³-hybridized carbons (Fsp3) is 0.409. The van der Waals surface area contributed by atoms with Crippen LogP contribution in [0.4, 0.5) is 0 Å². The molecule has 0 radical (unpaired) electrons. The third kappa shape index (κ3) is 3.78. The van der Waals surface area contributed by atoms with Gasteiger partial charge in [0, 0.05) is 10.4 Å². The molecule has 0 fully saturated rings. The van der Waals surface area contributed by atoms with E-state index in [2.05, 4.69) is 49.7 Å². The fourth-order valence-electron chi connectivity index (χ4n) is 3.69. The molecule has 3 heterocycles. The van der Waals surface area contributed by atoms with Gasteiger partial charge in [-0.2, -0.15) is 5.26 Å². The number of ether oxygens (including phenoxy) is 1. The monoisotopic (exact) mass is 455 g/mol. The minimum Gasteiger partial charge on any atom is -0.489 e. The van der Waals surface area contributed by atoms with Gasteiger partial charge in [-0.15, -0.1) is 0 Å². The lowest BCUT2D eigenvalue weighted by molar-refractivity contribution is 0.239. The zero-order valence-electron chi connectivity index (χ0n) is 17.0. The average Bonchev–Trinajstić information content (AvgIpc) is 2.66. The summed E-state index contributed by atoms with van der Waals surface area (Å²) >= 11 is 3.85. The maximum absolute atomic E-state index is 9.03. The molecule has 0 spiro atoms. The molecule has 0 saturated heterocycles. The van der Waals surface area contributed by atoms with Gasteiger partial charge in [0.05, 0.1) is 17.2 Å². The van der Waals surface area contributed by atoms with Crippen LogP contribution in [0.1, 0.15) is 55.6 Å².